The Labute approximate surface area is 193 Å². The van der Waals surface area contributed by atoms with Gasteiger partial charge >= 0.3 is 11.7 Å². The van der Waals surface area contributed by atoms with Gasteiger partial charge in [-0.3, -0.25) is 19.1 Å². The van der Waals surface area contributed by atoms with E-state index in [1.165, 1.54) is 10.1 Å². The maximum absolute atomic E-state index is 12.6. The van der Waals surface area contributed by atoms with Crippen LogP contribution in [0.4, 0.5) is 0 Å². The van der Waals surface area contributed by atoms with Crippen LogP contribution in [0.15, 0.2) is 39.9 Å². The zero-order valence-electron chi connectivity index (χ0n) is 19.8. The Morgan fingerprint density at radius 1 is 1.09 bits per heavy atom. The molecule has 3 aromatic rings. The van der Waals surface area contributed by atoms with E-state index in [2.05, 4.69) is 35.9 Å². The maximum atomic E-state index is 12.6. The number of fused-ring (bicyclic) bond motifs is 1. The van der Waals surface area contributed by atoms with Gasteiger partial charge in [0.15, 0.2) is 11.2 Å². The van der Waals surface area contributed by atoms with Crippen LogP contribution in [-0.4, -0.2) is 31.7 Å². The van der Waals surface area contributed by atoms with Gasteiger partial charge in [0.1, 0.15) is 5.82 Å². The predicted molar refractivity (Wildman–Crippen MR) is 128 cm³/mol. The largest absolute Gasteiger partial charge is 0.466 e. The van der Waals surface area contributed by atoms with E-state index in [1.54, 1.807) is 0 Å². The summed E-state index contributed by atoms with van der Waals surface area (Å²) < 4.78 is 8.78. The predicted octanol–water partition coefficient (Wildman–Crippen LogP) is 3.45. The molecular formula is C25H34N4O4. The second-order valence-corrected chi connectivity index (χ2v) is 8.78. The summed E-state index contributed by atoms with van der Waals surface area (Å²) in [6.07, 6.45) is 3.87. The topological polar surface area (TPSA) is 99.0 Å². The van der Waals surface area contributed by atoms with E-state index in [0.717, 1.165) is 25.7 Å². The lowest BCUT2D eigenvalue weighted by Gasteiger charge is -2.11. The highest BCUT2D eigenvalue weighted by Crippen LogP contribution is 2.16. The van der Waals surface area contributed by atoms with Crippen molar-refractivity contribution in [3.63, 3.8) is 0 Å². The molecule has 1 N–H and O–H groups in total. The fourth-order valence-corrected chi connectivity index (χ4v) is 3.89. The number of benzene rings is 1. The maximum Gasteiger partial charge on any atom is 0.330 e. The molecule has 33 heavy (non-hydrogen) atoms. The number of nitrogens with one attached hydrogen (secondary N) is 1. The van der Waals surface area contributed by atoms with Gasteiger partial charge in [0, 0.05) is 19.5 Å². The molecule has 8 nitrogen and oxygen atoms in total. The number of ether oxygens (including phenoxy) is 1. The third kappa shape index (κ3) is 6.43. The van der Waals surface area contributed by atoms with E-state index < -0.39 is 11.2 Å². The van der Waals surface area contributed by atoms with E-state index in [1.807, 2.05) is 29.7 Å². The first-order valence-electron chi connectivity index (χ1n) is 11.8. The molecule has 0 amide bonds. The van der Waals surface area contributed by atoms with E-state index >= 15 is 0 Å². The van der Waals surface area contributed by atoms with Crippen molar-refractivity contribution in [3.05, 3.63) is 62.6 Å². The molecule has 0 aliphatic rings. The number of aromatic nitrogens is 4. The Morgan fingerprint density at radius 2 is 1.85 bits per heavy atom. The summed E-state index contributed by atoms with van der Waals surface area (Å²) in [4.78, 5) is 44.5. The van der Waals surface area contributed by atoms with Gasteiger partial charge in [-0.15, -0.1) is 0 Å². The third-order valence-corrected chi connectivity index (χ3v) is 5.52. The number of carbonyl (C=O) groups is 1. The molecule has 0 bridgehead atoms. The SMILES string of the molecule is CCCCn1c(=O)[nH]c(=O)c2c1nc(CCC(=O)OCCCc1ccccc1)n2CC(C)C. The number of aryl methyl sites for hydroxylation is 3. The number of rotatable bonds is 12. The Kier molecular flexibility index (Phi) is 8.63. The van der Waals surface area contributed by atoms with Crippen molar-refractivity contribution >= 4 is 17.1 Å². The Balaban J connectivity index is 1.72. The van der Waals surface area contributed by atoms with Gasteiger partial charge in [-0.05, 0) is 30.7 Å². The van der Waals surface area contributed by atoms with Gasteiger partial charge in [0.2, 0.25) is 0 Å². The van der Waals surface area contributed by atoms with Gasteiger partial charge in [-0.1, -0.05) is 57.5 Å². The third-order valence-electron chi connectivity index (χ3n) is 5.52. The van der Waals surface area contributed by atoms with E-state index in [4.69, 9.17) is 4.74 Å². The van der Waals surface area contributed by atoms with Gasteiger partial charge in [-0.25, -0.2) is 9.78 Å². The number of imidazole rings is 1. The molecule has 2 aromatic heterocycles. The van der Waals surface area contributed by atoms with Crippen LogP contribution >= 0.6 is 0 Å². The molecule has 0 atom stereocenters. The number of aromatic amines is 1. The summed E-state index contributed by atoms with van der Waals surface area (Å²) in [5.74, 6) is 0.603. The smallest absolute Gasteiger partial charge is 0.330 e. The molecule has 0 radical (unpaired) electrons. The number of carbonyl (C=O) groups excluding carboxylic acids is 1. The number of unbranched alkanes of at least 4 members (excludes halogenated alkanes) is 1. The zero-order valence-corrected chi connectivity index (χ0v) is 19.8. The van der Waals surface area contributed by atoms with Crippen LogP contribution in [0.2, 0.25) is 0 Å². The molecule has 0 fully saturated rings. The number of hydrogen-bond acceptors (Lipinski definition) is 5. The quantitative estimate of drug-likeness (QED) is 0.334. The summed E-state index contributed by atoms with van der Waals surface area (Å²) >= 11 is 0. The highest BCUT2D eigenvalue weighted by atomic mass is 16.5. The fourth-order valence-electron chi connectivity index (χ4n) is 3.89. The highest BCUT2D eigenvalue weighted by molar-refractivity contribution is 5.72. The van der Waals surface area contributed by atoms with Crippen LogP contribution in [0.5, 0.6) is 0 Å². The average Bonchev–Trinajstić information content (AvgIpc) is 3.13. The van der Waals surface area contributed by atoms with Crippen LogP contribution in [0.25, 0.3) is 11.2 Å². The molecule has 3 rings (SSSR count). The molecule has 0 spiro atoms. The number of esters is 1. The zero-order chi connectivity index (χ0) is 23.8. The number of hydrogen-bond donors (Lipinski definition) is 1. The molecule has 0 saturated carbocycles. The van der Waals surface area contributed by atoms with Crippen molar-refractivity contribution < 1.29 is 9.53 Å². The summed E-state index contributed by atoms with van der Waals surface area (Å²) in [5.41, 5.74) is 1.12. The monoisotopic (exact) mass is 454 g/mol. The average molecular weight is 455 g/mol. The van der Waals surface area contributed by atoms with Gasteiger partial charge in [0.25, 0.3) is 5.56 Å². The second-order valence-electron chi connectivity index (χ2n) is 8.78. The number of H-pyrrole nitrogens is 1. The van der Waals surface area contributed by atoms with Crippen molar-refractivity contribution in [2.75, 3.05) is 6.61 Å². The summed E-state index contributed by atoms with van der Waals surface area (Å²) in [7, 11) is 0. The van der Waals surface area contributed by atoms with Crippen molar-refractivity contribution in [1.82, 2.24) is 19.1 Å². The lowest BCUT2D eigenvalue weighted by atomic mass is 10.1. The minimum atomic E-state index is -0.445. The molecule has 0 saturated heterocycles. The molecule has 0 aliphatic carbocycles. The highest BCUT2D eigenvalue weighted by Gasteiger charge is 2.20. The second kappa shape index (κ2) is 11.6. The van der Waals surface area contributed by atoms with E-state index in [9.17, 15) is 14.4 Å². The minimum absolute atomic E-state index is 0.170. The van der Waals surface area contributed by atoms with Crippen LogP contribution in [0.3, 0.4) is 0 Å². The standard InChI is InChI=1S/C25H34N4O4/c1-4-5-15-28-23-22(24(31)27-25(28)32)29(17-18(2)3)20(26-23)13-14-21(30)33-16-9-12-19-10-7-6-8-11-19/h6-8,10-11,18H,4-5,9,12-17H2,1-3H3,(H,27,31,32). The minimum Gasteiger partial charge on any atom is -0.466 e. The first kappa shape index (κ1) is 24.5. The number of nitrogens with zero attached hydrogens (tertiary/aromatic N) is 3. The lowest BCUT2D eigenvalue weighted by molar-refractivity contribution is -0.143. The van der Waals surface area contributed by atoms with E-state index in [0.29, 0.717) is 43.1 Å². The van der Waals surface area contributed by atoms with Gasteiger partial charge < -0.3 is 9.30 Å². The summed E-state index contributed by atoms with van der Waals surface area (Å²) in [5, 5.41) is 0. The van der Waals surface area contributed by atoms with Gasteiger partial charge in [-0.2, -0.15) is 0 Å². The molecule has 178 valence electrons. The van der Waals surface area contributed by atoms with Crippen LogP contribution < -0.4 is 11.2 Å². The van der Waals surface area contributed by atoms with Crippen molar-refractivity contribution in [3.8, 4) is 0 Å². The van der Waals surface area contributed by atoms with E-state index in [-0.39, 0.29) is 18.3 Å². The Hall–Kier alpha value is -3.16. The summed E-state index contributed by atoms with van der Waals surface area (Å²) in [6, 6.07) is 10.1. The summed E-state index contributed by atoms with van der Waals surface area (Å²) in [6.45, 7) is 7.58. The molecule has 0 aliphatic heterocycles. The molecular weight excluding hydrogens is 420 g/mol. The van der Waals surface area contributed by atoms with Crippen LogP contribution in [-0.2, 0) is 35.5 Å². The molecule has 1 aromatic carbocycles. The molecule has 8 heteroatoms. The van der Waals surface area contributed by atoms with Crippen molar-refractivity contribution in [2.45, 2.75) is 72.4 Å². The lowest BCUT2D eigenvalue weighted by Crippen LogP contribution is -2.31. The van der Waals surface area contributed by atoms with Crippen LogP contribution in [0.1, 0.15) is 57.8 Å². The normalized spacial score (nSPS) is 11.4. The Bertz CT molecular complexity index is 1170. The Morgan fingerprint density at radius 3 is 2.55 bits per heavy atom. The van der Waals surface area contributed by atoms with Crippen molar-refractivity contribution in [2.24, 2.45) is 5.92 Å². The fraction of sp³-hybridized carbons (Fsp3) is 0.520. The first-order chi connectivity index (χ1) is 15.9. The van der Waals surface area contributed by atoms with Gasteiger partial charge in [0.05, 0.1) is 13.0 Å². The van der Waals surface area contributed by atoms with Crippen LogP contribution in [0, 0.1) is 5.92 Å². The first-order valence-corrected chi connectivity index (χ1v) is 11.8. The van der Waals surface area contributed by atoms with Crippen molar-refractivity contribution in [1.29, 1.82) is 0 Å². The molecule has 2 heterocycles. The molecule has 0 unspecified atom stereocenters.